The van der Waals surface area contributed by atoms with Crippen LogP contribution in [0.15, 0.2) is 39.7 Å². The van der Waals surface area contributed by atoms with E-state index in [1.807, 2.05) is 37.3 Å². The summed E-state index contributed by atoms with van der Waals surface area (Å²) in [5.74, 6) is 1.35. The van der Waals surface area contributed by atoms with Crippen LogP contribution in [0.2, 0.25) is 0 Å². The molecule has 3 rings (SSSR count). The molecule has 1 saturated heterocycles. The summed E-state index contributed by atoms with van der Waals surface area (Å²) >= 11 is 0. The Hall–Kier alpha value is -1.81. The van der Waals surface area contributed by atoms with Gasteiger partial charge in [-0.3, -0.25) is 4.79 Å². The maximum absolute atomic E-state index is 11.9. The number of hydrogen-bond acceptors (Lipinski definition) is 4. The third-order valence-electron chi connectivity index (χ3n) is 4.62. The second kappa shape index (κ2) is 10.7. The van der Waals surface area contributed by atoms with E-state index < -0.39 is 0 Å². The van der Waals surface area contributed by atoms with E-state index in [0.717, 1.165) is 36.2 Å². The minimum atomic E-state index is -0.0948. The predicted molar refractivity (Wildman–Crippen MR) is 121 cm³/mol. The fourth-order valence-electron chi connectivity index (χ4n) is 2.95. The van der Waals surface area contributed by atoms with Crippen LogP contribution in [0.1, 0.15) is 31.6 Å². The summed E-state index contributed by atoms with van der Waals surface area (Å²) in [6, 6.07) is 9.85. The van der Waals surface area contributed by atoms with Gasteiger partial charge in [-0.25, -0.2) is 4.99 Å². The lowest BCUT2D eigenvalue weighted by Gasteiger charge is -2.19. The summed E-state index contributed by atoms with van der Waals surface area (Å²) in [7, 11) is 3.45. The highest BCUT2D eigenvalue weighted by molar-refractivity contribution is 14.0. The predicted octanol–water partition coefficient (Wildman–Crippen LogP) is 2.91. The zero-order valence-electron chi connectivity index (χ0n) is 16.6. The van der Waals surface area contributed by atoms with Gasteiger partial charge < -0.3 is 24.7 Å². The molecule has 154 valence electrons. The first-order valence-electron chi connectivity index (χ1n) is 9.38. The molecule has 0 aliphatic carbocycles. The zero-order valence-corrected chi connectivity index (χ0v) is 18.9. The molecule has 1 aliphatic heterocycles. The van der Waals surface area contributed by atoms with Crippen LogP contribution in [0.5, 0.6) is 0 Å². The largest absolute Gasteiger partial charge is 0.459 e. The van der Waals surface area contributed by atoms with Gasteiger partial charge in [0.15, 0.2) is 5.96 Å². The second-order valence-corrected chi connectivity index (χ2v) is 7.02. The average molecular weight is 500 g/mol. The summed E-state index contributed by atoms with van der Waals surface area (Å²) < 4.78 is 11.6. The number of rotatable bonds is 6. The number of fused-ring (bicyclic) bond motifs is 1. The summed E-state index contributed by atoms with van der Waals surface area (Å²) in [5.41, 5.74) is 0.856. The molecule has 1 aromatic heterocycles. The Morgan fingerprint density at radius 3 is 2.82 bits per heavy atom. The van der Waals surface area contributed by atoms with E-state index in [4.69, 9.17) is 9.15 Å². The molecule has 0 radical (unpaired) electrons. The number of nitrogens with one attached hydrogen (secondary N) is 2. The quantitative estimate of drug-likeness (QED) is 0.363. The number of carbonyl (C=O) groups excluding carboxylic acids is 1. The molecule has 0 spiro atoms. The standard InChI is InChI=1S/C20H28N4O3.HI/c1-14(18-11-15-7-4-5-9-17(15)27-18)23-20(22-13-19(25)24(2)3)21-12-16-8-6-10-26-16;/h4-5,7,9,11,14,16H,6,8,10,12-13H2,1-3H3,(H2,21,22,23);1H. The van der Waals surface area contributed by atoms with E-state index in [0.29, 0.717) is 12.5 Å². The Morgan fingerprint density at radius 1 is 1.36 bits per heavy atom. The third-order valence-corrected chi connectivity index (χ3v) is 4.62. The zero-order chi connectivity index (χ0) is 19.2. The van der Waals surface area contributed by atoms with Crippen molar-refractivity contribution in [3.63, 3.8) is 0 Å². The van der Waals surface area contributed by atoms with Crippen molar-refractivity contribution in [2.75, 3.05) is 33.8 Å². The normalized spacial score (nSPS) is 17.8. The van der Waals surface area contributed by atoms with Gasteiger partial charge in [0.2, 0.25) is 5.91 Å². The molecule has 1 fully saturated rings. The Labute approximate surface area is 182 Å². The average Bonchev–Trinajstić information content (AvgIpc) is 3.32. The van der Waals surface area contributed by atoms with Gasteiger partial charge in [-0.2, -0.15) is 0 Å². The van der Waals surface area contributed by atoms with Gasteiger partial charge >= 0.3 is 0 Å². The van der Waals surface area contributed by atoms with E-state index in [1.54, 1.807) is 14.1 Å². The summed E-state index contributed by atoms with van der Waals surface area (Å²) in [4.78, 5) is 17.9. The summed E-state index contributed by atoms with van der Waals surface area (Å²) in [6.07, 6.45) is 2.31. The van der Waals surface area contributed by atoms with Crippen molar-refractivity contribution >= 4 is 46.8 Å². The Morgan fingerprint density at radius 2 is 2.14 bits per heavy atom. The number of guanidine groups is 1. The molecule has 7 nitrogen and oxygen atoms in total. The van der Waals surface area contributed by atoms with Gasteiger partial charge in [-0.15, -0.1) is 24.0 Å². The number of amides is 1. The number of hydrogen-bond donors (Lipinski definition) is 2. The number of carbonyl (C=O) groups is 1. The number of furan rings is 1. The monoisotopic (exact) mass is 500 g/mol. The van der Waals surface area contributed by atoms with Crippen LogP contribution in [-0.4, -0.2) is 56.7 Å². The minimum Gasteiger partial charge on any atom is -0.459 e. The lowest BCUT2D eigenvalue weighted by Crippen LogP contribution is -2.42. The number of para-hydroxylation sites is 1. The topological polar surface area (TPSA) is 79.1 Å². The van der Waals surface area contributed by atoms with Crippen molar-refractivity contribution < 1.29 is 13.9 Å². The number of halogens is 1. The SMILES string of the molecule is CC(NC(=NCC(=O)N(C)C)NCC1CCCO1)c1cc2ccccc2o1.I. The van der Waals surface area contributed by atoms with Gasteiger partial charge in [0.1, 0.15) is 17.9 Å². The fraction of sp³-hybridized carbons (Fsp3) is 0.500. The molecular weight excluding hydrogens is 471 g/mol. The first-order valence-corrected chi connectivity index (χ1v) is 9.38. The lowest BCUT2D eigenvalue weighted by molar-refractivity contribution is -0.127. The molecular formula is C20H29IN4O3. The number of benzene rings is 1. The van der Waals surface area contributed by atoms with E-state index in [-0.39, 0.29) is 48.6 Å². The lowest BCUT2D eigenvalue weighted by atomic mass is 10.2. The molecule has 2 atom stereocenters. The van der Waals surface area contributed by atoms with Crippen molar-refractivity contribution in [3.8, 4) is 0 Å². The number of nitrogens with zero attached hydrogens (tertiary/aromatic N) is 2. The molecule has 0 bridgehead atoms. The highest BCUT2D eigenvalue weighted by Crippen LogP contribution is 2.23. The number of ether oxygens (including phenoxy) is 1. The van der Waals surface area contributed by atoms with Crippen LogP contribution in [0, 0.1) is 0 Å². The highest BCUT2D eigenvalue weighted by atomic mass is 127. The van der Waals surface area contributed by atoms with Crippen molar-refractivity contribution in [2.45, 2.75) is 31.9 Å². The summed E-state index contributed by atoms with van der Waals surface area (Å²) in [5, 5.41) is 7.69. The third kappa shape index (κ3) is 6.10. The molecule has 2 unspecified atom stereocenters. The van der Waals surface area contributed by atoms with Gasteiger partial charge in [-0.1, -0.05) is 18.2 Å². The van der Waals surface area contributed by atoms with Crippen LogP contribution >= 0.6 is 24.0 Å². The highest BCUT2D eigenvalue weighted by Gasteiger charge is 2.18. The molecule has 1 aromatic carbocycles. The van der Waals surface area contributed by atoms with Crippen LogP contribution < -0.4 is 10.6 Å². The van der Waals surface area contributed by atoms with Gasteiger partial charge in [0.05, 0.1) is 12.1 Å². The first-order chi connectivity index (χ1) is 13.0. The Kier molecular flexibility index (Phi) is 8.56. The molecule has 0 saturated carbocycles. The molecule has 1 aliphatic rings. The van der Waals surface area contributed by atoms with Gasteiger partial charge in [0, 0.05) is 32.6 Å². The first kappa shape index (κ1) is 22.5. The van der Waals surface area contributed by atoms with Crippen molar-refractivity contribution in [1.29, 1.82) is 0 Å². The molecule has 2 aromatic rings. The molecule has 28 heavy (non-hydrogen) atoms. The molecule has 8 heteroatoms. The van der Waals surface area contributed by atoms with Crippen LogP contribution in [0.4, 0.5) is 0 Å². The van der Waals surface area contributed by atoms with E-state index >= 15 is 0 Å². The fourth-order valence-corrected chi connectivity index (χ4v) is 2.95. The number of aliphatic imine (C=N–C) groups is 1. The maximum Gasteiger partial charge on any atom is 0.243 e. The van der Waals surface area contributed by atoms with Crippen LogP contribution in [0.3, 0.4) is 0 Å². The smallest absolute Gasteiger partial charge is 0.243 e. The van der Waals surface area contributed by atoms with Crippen LogP contribution in [0.25, 0.3) is 11.0 Å². The van der Waals surface area contributed by atoms with Crippen LogP contribution in [-0.2, 0) is 9.53 Å². The Bertz CT molecular complexity index is 767. The van der Waals surface area contributed by atoms with Crippen molar-refractivity contribution in [2.24, 2.45) is 4.99 Å². The van der Waals surface area contributed by atoms with E-state index in [9.17, 15) is 4.79 Å². The van der Waals surface area contributed by atoms with Gasteiger partial charge in [0.25, 0.3) is 0 Å². The van der Waals surface area contributed by atoms with E-state index in [1.165, 1.54) is 4.90 Å². The van der Waals surface area contributed by atoms with Gasteiger partial charge in [-0.05, 0) is 31.9 Å². The molecule has 1 amide bonds. The number of likely N-dealkylation sites (N-methyl/N-ethyl adjacent to an activating group) is 1. The van der Waals surface area contributed by atoms with Crippen molar-refractivity contribution in [1.82, 2.24) is 15.5 Å². The summed E-state index contributed by atoms with van der Waals surface area (Å²) in [6.45, 7) is 3.56. The second-order valence-electron chi connectivity index (χ2n) is 7.02. The minimum absolute atomic E-state index is 0. The molecule has 2 N–H and O–H groups in total. The van der Waals surface area contributed by atoms with E-state index in [2.05, 4.69) is 15.6 Å². The molecule has 2 heterocycles. The maximum atomic E-state index is 11.9. The Balaban J connectivity index is 0.00000280. The van der Waals surface area contributed by atoms with Crippen molar-refractivity contribution in [3.05, 3.63) is 36.1 Å².